The molecule has 1 heterocycles. The minimum atomic E-state index is 0.0539. The van der Waals surface area contributed by atoms with E-state index in [4.69, 9.17) is 0 Å². The fourth-order valence-electron chi connectivity index (χ4n) is 1.64. The van der Waals surface area contributed by atoms with E-state index in [9.17, 15) is 4.79 Å². The van der Waals surface area contributed by atoms with Gasteiger partial charge in [-0.1, -0.05) is 25.2 Å². The van der Waals surface area contributed by atoms with Crippen LogP contribution in [0.2, 0.25) is 0 Å². The van der Waals surface area contributed by atoms with Crippen molar-refractivity contribution in [2.75, 3.05) is 11.9 Å². The minimum absolute atomic E-state index is 0.0539. The Morgan fingerprint density at radius 3 is 2.62 bits per heavy atom. The average Bonchev–Trinajstić information content (AvgIpc) is 3.00. The number of aryl methyl sites for hydroxylation is 1. The molecular weight excluding hydrogens is 220 g/mol. The molecule has 1 aromatic heterocycles. The van der Waals surface area contributed by atoms with E-state index in [1.807, 2.05) is 20.8 Å². The quantitative estimate of drug-likeness (QED) is 0.756. The van der Waals surface area contributed by atoms with Crippen molar-refractivity contribution in [3.8, 4) is 0 Å². The van der Waals surface area contributed by atoms with Gasteiger partial charge < -0.3 is 4.90 Å². The van der Waals surface area contributed by atoms with Gasteiger partial charge in [0, 0.05) is 19.0 Å². The van der Waals surface area contributed by atoms with Gasteiger partial charge in [0.25, 0.3) is 0 Å². The van der Waals surface area contributed by atoms with E-state index >= 15 is 0 Å². The molecule has 0 aromatic carbocycles. The molecule has 0 aliphatic heterocycles. The minimum Gasteiger partial charge on any atom is -0.348 e. The number of carbonyl (C=O) groups excluding carboxylic acids is 1. The molecule has 2 rings (SSSR count). The van der Waals surface area contributed by atoms with Gasteiger partial charge in [0.15, 0.2) is 10.9 Å². The van der Waals surface area contributed by atoms with Crippen LogP contribution in [0.3, 0.4) is 0 Å². The molecule has 0 N–H and O–H groups in total. The van der Waals surface area contributed by atoms with Crippen molar-refractivity contribution in [3.63, 3.8) is 0 Å². The normalized spacial score (nSPS) is 15.6. The summed E-state index contributed by atoms with van der Waals surface area (Å²) in [7, 11) is 2.07. The Morgan fingerprint density at radius 1 is 1.50 bits per heavy atom. The second kappa shape index (κ2) is 4.17. The highest BCUT2D eigenvalue weighted by Gasteiger charge is 2.29. The first-order valence-electron chi connectivity index (χ1n) is 5.75. The first-order chi connectivity index (χ1) is 7.50. The maximum absolute atomic E-state index is 11.9. The van der Waals surface area contributed by atoms with Crippen LogP contribution in [0.1, 0.15) is 42.1 Å². The molecule has 0 spiro atoms. The van der Waals surface area contributed by atoms with Crippen LogP contribution in [0.25, 0.3) is 0 Å². The van der Waals surface area contributed by atoms with Crippen molar-refractivity contribution in [3.05, 3.63) is 10.6 Å². The van der Waals surface area contributed by atoms with E-state index in [1.165, 1.54) is 24.2 Å². The number of carbonyl (C=O) groups is 1. The van der Waals surface area contributed by atoms with Crippen LogP contribution < -0.4 is 4.90 Å². The van der Waals surface area contributed by atoms with Gasteiger partial charge in [-0.25, -0.2) is 4.98 Å². The highest BCUT2D eigenvalue weighted by molar-refractivity contribution is 7.17. The summed E-state index contributed by atoms with van der Waals surface area (Å²) >= 11 is 1.54. The zero-order valence-electron chi connectivity index (χ0n) is 10.3. The summed E-state index contributed by atoms with van der Waals surface area (Å²) in [6, 6.07) is 0.646. The Bertz CT molecular complexity index is 407. The topological polar surface area (TPSA) is 33.2 Å². The van der Waals surface area contributed by atoms with Crippen LogP contribution >= 0.6 is 11.3 Å². The van der Waals surface area contributed by atoms with E-state index < -0.39 is 0 Å². The van der Waals surface area contributed by atoms with Gasteiger partial charge in [-0.2, -0.15) is 0 Å². The molecule has 88 valence electrons. The first-order valence-corrected chi connectivity index (χ1v) is 6.56. The molecule has 0 atom stereocenters. The van der Waals surface area contributed by atoms with Gasteiger partial charge in [0.1, 0.15) is 0 Å². The number of ketones is 1. The molecule has 0 unspecified atom stereocenters. The Labute approximate surface area is 100 Å². The first kappa shape index (κ1) is 11.6. The van der Waals surface area contributed by atoms with Crippen molar-refractivity contribution in [1.29, 1.82) is 0 Å². The second-order valence-electron chi connectivity index (χ2n) is 4.77. The molecule has 1 aliphatic rings. The van der Waals surface area contributed by atoms with E-state index in [1.54, 1.807) is 0 Å². The fourth-order valence-corrected chi connectivity index (χ4v) is 2.83. The Balaban J connectivity index is 2.24. The monoisotopic (exact) mass is 238 g/mol. The Hall–Kier alpha value is -0.900. The number of hydrogen-bond donors (Lipinski definition) is 0. The molecular formula is C12H18N2OS. The average molecular weight is 238 g/mol. The third-order valence-corrected chi connectivity index (χ3v) is 4.19. The number of Topliss-reactive ketones (excluding diaryl/α,β-unsaturated/α-hetero) is 1. The van der Waals surface area contributed by atoms with Gasteiger partial charge in [0.2, 0.25) is 0 Å². The molecule has 0 bridgehead atoms. The molecule has 0 radical (unpaired) electrons. The summed E-state index contributed by atoms with van der Waals surface area (Å²) in [4.78, 5) is 19.5. The number of aromatic nitrogens is 1. The summed E-state index contributed by atoms with van der Waals surface area (Å²) in [6.45, 7) is 5.80. The number of thiazole rings is 1. The number of anilines is 1. The molecule has 3 nitrogen and oxygen atoms in total. The summed E-state index contributed by atoms with van der Waals surface area (Å²) in [5.74, 6) is 0.267. The summed E-state index contributed by atoms with van der Waals surface area (Å²) in [5, 5.41) is 0.990. The molecule has 0 amide bonds. The maximum Gasteiger partial charge on any atom is 0.186 e. The van der Waals surface area contributed by atoms with E-state index in [0.717, 1.165) is 15.7 Å². The number of rotatable bonds is 4. The number of hydrogen-bond acceptors (Lipinski definition) is 4. The molecule has 1 aliphatic carbocycles. The lowest BCUT2D eigenvalue weighted by Crippen LogP contribution is -2.18. The van der Waals surface area contributed by atoms with Crippen molar-refractivity contribution in [2.24, 2.45) is 5.92 Å². The van der Waals surface area contributed by atoms with E-state index in [2.05, 4.69) is 16.9 Å². The van der Waals surface area contributed by atoms with Crippen LogP contribution in [0.15, 0.2) is 0 Å². The molecule has 4 heteroatoms. The summed E-state index contributed by atoms with van der Waals surface area (Å²) < 4.78 is 0. The largest absolute Gasteiger partial charge is 0.348 e. The molecule has 1 fully saturated rings. The van der Waals surface area contributed by atoms with Gasteiger partial charge in [0.05, 0.1) is 10.6 Å². The van der Waals surface area contributed by atoms with Crippen molar-refractivity contribution < 1.29 is 4.79 Å². The van der Waals surface area contributed by atoms with Crippen LogP contribution in [-0.4, -0.2) is 23.9 Å². The number of nitrogens with zero attached hydrogens (tertiary/aromatic N) is 2. The lowest BCUT2D eigenvalue weighted by Gasteiger charge is -2.13. The molecule has 0 saturated heterocycles. The third-order valence-electron chi connectivity index (χ3n) is 2.93. The van der Waals surface area contributed by atoms with Crippen molar-refractivity contribution >= 4 is 22.3 Å². The van der Waals surface area contributed by atoms with E-state index in [-0.39, 0.29) is 11.7 Å². The van der Waals surface area contributed by atoms with Crippen LogP contribution in [0, 0.1) is 12.8 Å². The Morgan fingerprint density at radius 2 is 2.12 bits per heavy atom. The maximum atomic E-state index is 11.9. The van der Waals surface area contributed by atoms with Crippen LogP contribution in [0.4, 0.5) is 5.13 Å². The highest BCUT2D eigenvalue weighted by Crippen LogP contribution is 2.34. The van der Waals surface area contributed by atoms with Crippen LogP contribution in [0.5, 0.6) is 0 Å². The molecule has 16 heavy (non-hydrogen) atoms. The van der Waals surface area contributed by atoms with Crippen LogP contribution in [-0.2, 0) is 0 Å². The predicted octanol–water partition coefficient (Wildman–Crippen LogP) is 2.89. The Kier molecular flexibility index (Phi) is 3.02. The lowest BCUT2D eigenvalue weighted by atomic mass is 10.1. The zero-order chi connectivity index (χ0) is 11.9. The van der Waals surface area contributed by atoms with Gasteiger partial charge in [-0.3, -0.25) is 4.79 Å². The lowest BCUT2D eigenvalue weighted by molar-refractivity contribution is 0.0942. The fraction of sp³-hybridized carbons (Fsp3) is 0.667. The predicted molar refractivity (Wildman–Crippen MR) is 67.4 cm³/mol. The molecule has 1 saturated carbocycles. The smallest absolute Gasteiger partial charge is 0.186 e. The third kappa shape index (κ3) is 2.12. The van der Waals surface area contributed by atoms with E-state index in [0.29, 0.717) is 6.04 Å². The van der Waals surface area contributed by atoms with Gasteiger partial charge in [-0.15, -0.1) is 0 Å². The second-order valence-corrected chi connectivity index (χ2v) is 5.75. The van der Waals surface area contributed by atoms with Gasteiger partial charge >= 0.3 is 0 Å². The standard InChI is InChI=1S/C12H18N2OS/c1-7(2)10(15)11-8(3)13-12(16-11)14(4)9-5-6-9/h7,9H,5-6H2,1-4H3. The van der Waals surface area contributed by atoms with Crippen molar-refractivity contribution in [2.45, 2.75) is 39.7 Å². The van der Waals surface area contributed by atoms with Crippen molar-refractivity contribution in [1.82, 2.24) is 4.98 Å². The summed E-state index contributed by atoms with van der Waals surface area (Å²) in [6.07, 6.45) is 2.51. The molecule has 1 aromatic rings. The SMILES string of the molecule is Cc1nc(N(C)C2CC2)sc1C(=O)C(C)C. The highest BCUT2D eigenvalue weighted by atomic mass is 32.1. The van der Waals surface area contributed by atoms with Gasteiger partial charge in [-0.05, 0) is 19.8 Å². The summed E-state index contributed by atoms with van der Waals surface area (Å²) in [5.41, 5.74) is 0.881. The zero-order valence-corrected chi connectivity index (χ0v) is 11.1.